The molecule has 2 aromatic heterocycles. The molecule has 168 valence electrons. The SMILES string of the molecule is CCCn1c(CSc2nnnn2-c2ccc(Cl)cc2)nc2cc(S(=O)(=O)N(C)C)ccc21. The average molecular weight is 492 g/mol. The average Bonchev–Trinajstić information content (AvgIpc) is 3.37. The fraction of sp³-hybridized carbons (Fsp3) is 0.300. The molecule has 0 aliphatic rings. The number of tetrazole rings is 1. The van der Waals surface area contributed by atoms with Crippen molar-refractivity contribution in [2.75, 3.05) is 14.1 Å². The second kappa shape index (κ2) is 9.18. The van der Waals surface area contributed by atoms with E-state index < -0.39 is 10.0 Å². The van der Waals surface area contributed by atoms with Crippen molar-refractivity contribution in [1.29, 1.82) is 0 Å². The van der Waals surface area contributed by atoms with Crippen LogP contribution in [0.2, 0.25) is 5.02 Å². The van der Waals surface area contributed by atoms with Gasteiger partial charge in [0.05, 0.1) is 27.4 Å². The fourth-order valence-electron chi connectivity index (χ4n) is 3.26. The summed E-state index contributed by atoms with van der Waals surface area (Å²) < 4.78 is 30.0. The van der Waals surface area contributed by atoms with E-state index in [1.807, 2.05) is 18.2 Å². The first-order valence-electron chi connectivity index (χ1n) is 9.90. The first kappa shape index (κ1) is 22.7. The van der Waals surface area contributed by atoms with Gasteiger partial charge in [0, 0.05) is 25.7 Å². The zero-order valence-electron chi connectivity index (χ0n) is 17.8. The van der Waals surface area contributed by atoms with Gasteiger partial charge in [-0.05, 0) is 59.3 Å². The number of halogens is 1. The van der Waals surface area contributed by atoms with Crippen molar-refractivity contribution in [3.8, 4) is 5.69 Å². The van der Waals surface area contributed by atoms with Gasteiger partial charge in [-0.25, -0.2) is 17.7 Å². The molecule has 0 saturated carbocycles. The third-order valence-corrected chi connectivity index (χ3v) is 7.85. The van der Waals surface area contributed by atoms with Crippen LogP contribution < -0.4 is 0 Å². The molecule has 0 fully saturated rings. The van der Waals surface area contributed by atoms with Gasteiger partial charge in [0.1, 0.15) is 5.82 Å². The van der Waals surface area contributed by atoms with Crippen LogP contribution in [0.15, 0.2) is 52.5 Å². The lowest BCUT2D eigenvalue weighted by molar-refractivity contribution is 0.521. The maximum Gasteiger partial charge on any atom is 0.242 e. The molecule has 0 aliphatic heterocycles. The van der Waals surface area contributed by atoms with E-state index in [9.17, 15) is 8.42 Å². The maximum atomic E-state index is 12.5. The first-order chi connectivity index (χ1) is 15.3. The molecule has 4 aromatic rings. The van der Waals surface area contributed by atoms with Gasteiger partial charge in [0.25, 0.3) is 0 Å². The van der Waals surface area contributed by atoms with Crippen LogP contribution in [0.3, 0.4) is 0 Å². The molecule has 0 aliphatic carbocycles. The van der Waals surface area contributed by atoms with Crippen LogP contribution in [0.4, 0.5) is 0 Å². The number of hydrogen-bond donors (Lipinski definition) is 0. The summed E-state index contributed by atoms with van der Waals surface area (Å²) in [4.78, 5) is 4.97. The van der Waals surface area contributed by atoms with E-state index in [4.69, 9.17) is 16.6 Å². The van der Waals surface area contributed by atoms with Gasteiger partial charge in [-0.15, -0.1) is 5.10 Å². The summed E-state index contributed by atoms with van der Waals surface area (Å²) in [6.45, 7) is 2.86. The number of benzene rings is 2. The number of thioether (sulfide) groups is 1. The summed E-state index contributed by atoms with van der Waals surface area (Å²) in [7, 11) is -0.500. The molecule has 0 N–H and O–H groups in total. The summed E-state index contributed by atoms with van der Waals surface area (Å²) in [5.41, 5.74) is 2.36. The number of imidazole rings is 1. The molecule has 4 rings (SSSR count). The highest BCUT2D eigenvalue weighted by Gasteiger charge is 2.20. The second-order valence-electron chi connectivity index (χ2n) is 7.26. The number of sulfonamides is 1. The van der Waals surface area contributed by atoms with Crippen LogP contribution in [0, 0.1) is 0 Å². The van der Waals surface area contributed by atoms with Crippen molar-refractivity contribution in [2.45, 2.75) is 35.7 Å². The van der Waals surface area contributed by atoms with E-state index in [2.05, 4.69) is 27.0 Å². The zero-order chi connectivity index (χ0) is 22.9. The summed E-state index contributed by atoms with van der Waals surface area (Å²) >= 11 is 7.44. The predicted molar refractivity (Wildman–Crippen MR) is 125 cm³/mol. The molecule has 0 radical (unpaired) electrons. The zero-order valence-corrected chi connectivity index (χ0v) is 20.2. The number of nitrogens with zero attached hydrogens (tertiary/aromatic N) is 7. The van der Waals surface area contributed by atoms with E-state index in [1.54, 1.807) is 28.9 Å². The lowest BCUT2D eigenvalue weighted by Crippen LogP contribution is -2.22. The lowest BCUT2D eigenvalue weighted by atomic mass is 10.3. The topological polar surface area (TPSA) is 98.8 Å². The molecular weight excluding hydrogens is 470 g/mol. The van der Waals surface area contributed by atoms with Gasteiger partial charge in [-0.3, -0.25) is 0 Å². The largest absolute Gasteiger partial charge is 0.327 e. The van der Waals surface area contributed by atoms with Crippen molar-refractivity contribution in [2.24, 2.45) is 0 Å². The third-order valence-electron chi connectivity index (χ3n) is 4.87. The Hall–Kier alpha value is -2.47. The minimum atomic E-state index is -3.53. The van der Waals surface area contributed by atoms with Crippen molar-refractivity contribution < 1.29 is 8.42 Å². The molecule has 2 aromatic carbocycles. The molecule has 0 atom stereocenters. The van der Waals surface area contributed by atoms with Crippen molar-refractivity contribution in [3.05, 3.63) is 53.3 Å². The Morgan fingerprint density at radius 1 is 1.12 bits per heavy atom. The number of aryl methyl sites for hydroxylation is 1. The molecule has 0 saturated heterocycles. The molecule has 0 bridgehead atoms. The molecule has 9 nitrogen and oxygen atoms in total. The van der Waals surface area contributed by atoms with Crippen molar-refractivity contribution in [3.63, 3.8) is 0 Å². The molecule has 0 amide bonds. The lowest BCUT2D eigenvalue weighted by Gasteiger charge is -2.11. The van der Waals surface area contributed by atoms with Gasteiger partial charge in [-0.2, -0.15) is 4.68 Å². The van der Waals surface area contributed by atoms with Crippen LogP contribution in [0.1, 0.15) is 19.2 Å². The van der Waals surface area contributed by atoms with Crippen molar-refractivity contribution in [1.82, 2.24) is 34.1 Å². The quantitative estimate of drug-likeness (QED) is 0.347. The predicted octanol–water partition coefficient (Wildman–Crippen LogP) is 3.62. The van der Waals surface area contributed by atoms with E-state index in [1.165, 1.54) is 30.2 Å². The van der Waals surface area contributed by atoms with Gasteiger partial charge < -0.3 is 4.57 Å². The Labute approximate surface area is 195 Å². The smallest absolute Gasteiger partial charge is 0.242 e. The number of rotatable bonds is 8. The highest BCUT2D eigenvalue weighted by Crippen LogP contribution is 2.27. The van der Waals surface area contributed by atoms with Gasteiger partial charge in [0.2, 0.25) is 15.2 Å². The third kappa shape index (κ3) is 4.38. The minimum Gasteiger partial charge on any atom is -0.327 e. The van der Waals surface area contributed by atoms with Gasteiger partial charge >= 0.3 is 0 Å². The molecule has 12 heteroatoms. The normalized spacial score (nSPS) is 12.2. The number of hydrogen-bond acceptors (Lipinski definition) is 7. The number of aromatic nitrogens is 6. The highest BCUT2D eigenvalue weighted by molar-refractivity contribution is 7.98. The van der Waals surface area contributed by atoms with Crippen LogP contribution in [0.5, 0.6) is 0 Å². The molecular formula is C20H22ClN7O2S2. The Morgan fingerprint density at radius 3 is 2.56 bits per heavy atom. The fourth-order valence-corrected chi connectivity index (χ4v) is 5.14. The Bertz CT molecular complexity index is 1350. The minimum absolute atomic E-state index is 0.224. The highest BCUT2D eigenvalue weighted by atomic mass is 35.5. The summed E-state index contributed by atoms with van der Waals surface area (Å²) in [5.74, 6) is 1.36. The summed E-state index contributed by atoms with van der Waals surface area (Å²) in [6.07, 6.45) is 0.920. The summed E-state index contributed by atoms with van der Waals surface area (Å²) in [6, 6.07) is 12.3. The van der Waals surface area contributed by atoms with E-state index >= 15 is 0 Å². The Kier molecular flexibility index (Phi) is 6.52. The van der Waals surface area contributed by atoms with E-state index in [-0.39, 0.29) is 4.90 Å². The molecule has 0 unspecified atom stereocenters. The van der Waals surface area contributed by atoms with Crippen LogP contribution in [0.25, 0.3) is 16.7 Å². The molecule has 32 heavy (non-hydrogen) atoms. The Morgan fingerprint density at radius 2 is 1.88 bits per heavy atom. The standard InChI is InChI=1S/C20H22ClN7O2S2/c1-4-11-27-18-10-9-16(32(29,30)26(2)3)12-17(18)22-19(27)13-31-20-23-24-25-28(20)15-7-5-14(21)6-8-15/h5-10,12H,4,11,13H2,1-3H3. The van der Waals surface area contributed by atoms with Crippen molar-refractivity contribution >= 4 is 44.4 Å². The van der Waals surface area contributed by atoms with Gasteiger partial charge in [0.15, 0.2) is 0 Å². The number of fused-ring (bicyclic) bond motifs is 1. The van der Waals surface area contributed by atoms with Crippen LogP contribution in [-0.4, -0.2) is 56.6 Å². The molecule has 0 spiro atoms. The van der Waals surface area contributed by atoms with Crippen LogP contribution >= 0.6 is 23.4 Å². The summed E-state index contributed by atoms with van der Waals surface area (Å²) in [5, 5.41) is 13.3. The van der Waals surface area contributed by atoms with Crippen LogP contribution in [-0.2, 0) is 22.3 Å². The first-order valence-corrected chi connectivity index (χ1v) is 12.7. The van der Waals surface area contributed by atoms with Gasteiger partial charge in [-0.1, -0.05) is 30.3 Å². The van der Waals surface area contributed by atoms with E-state index in [0.29, 0.717) is 21.4 Å². The molecule has 2 heterocycles. The van der Waals surface area contributed by atoms with E-state index in [0.717, 1.165) is 30.0 Å². The maximum absolute atomic E-state index is 12.5. The monoisotopic (exact) mass is 491 g/mol. The second-order valence-corrected chi connectivity index (χ2v) is 10.8. The Balaban J connectivity index is 1.65.